The van der Waals surface area contributed by atoms with E-state index in [4.69, 9.17) is 0 Å². The number of carbonyl (C=O) groups is 1. The lowest BCUT2D eigenvalue weighted by molar-refractivity contribution is -0.131. The van der Waals surface area contributed by atoms with Crippen molar-refractivity contribution < 1.29 is 9.18 Å². The van der Waals surface area contributed by atoms with Crippen LogP contribution in [0.3, 0.4) is 0 Å². The van der Waals surface area contributed by atoms with E-state index < -0.39 is 0 Å². The third kappa shape index (κ3) is 3.49. The van der Waals surface area contributed by atoms with Crippen molar-refractivity contribution in [2.24, 2.45) is 0 Å². The Morgan fingerprint density at radius 2 is 2.07 bits per heavy atom. The largest absolute Gasteiger partial charge is 0.358 e. The number of piperidine rings is 1. The lowest BCUT2D eigenvalue weighted by Gasteiger charge is -2.31. The number of likely N-dealkylation sites (tertiary alicyclic amines) is 1. The standard InChI is InChI=1S/C20H21FN4O2/c1-12-15(16-8-14(21)2-3-17(16)24-12)9-20(27)25-6-4-13(5-7-25)18-10-19(26)23-11-22-18/h2-3,8,10-11,13,24H,4-7,9H2,1H3,(H,22,23,26). The van der Waals surface area contributed by atoms with Crippen LogP contribution in [0.4, 0.5) is 4.39 Å². The smallest absolute Gasteiger partial charge is 0.250 e. The summed E-state index contributed by atoms with van der Waals surface area (Å²) in [6.45, 7) is 3.17. The van der Waals surface area contributed by atoms with Crippen LogP contribution in [-0.4, -0.2) is 38.8 Å². The zero-order valence-electron chi connectivity index (χ0n) is 15.1. The topological polar surface area (TPSA) is 81.9 Å². The zero-order valence-corrected chi connectivity index (χ0v) is 15.1. The van der Waals surface area contributed by atoms with Crippen molar-refractivity contribution in [1.29, 1.82) is 0 Å². The van der Waals surface area contributed by atoms with Gasteiger partial charge in [0.15, 0.2) is 0 Å². The maximum absolute atomic E-state index is 13.6. The Balaban J connectivity index is 1.45. The Labute approximate surface area is 155 Å². The summed E-state index contributed by atoms with van der Waals surface area (Å²) in [5.41, 5.74) is 3.23. The molecule has 0 saturated carbocycles. The van der Waals surface area contributed by atoms with Gasteiger partial charge in [0.1, 0.15) is 5.82 Å². The Kier molecular flexibility index (Phi) is 4.51. The summed E-state index contributed by atoms with van der Waals surface area (Å²) in [6.07, 6.45) is 3.24. The number of nitrogens with zero attached hydrogens (tertiary/aromatic N) is 2. The summed E-state index contributed by atoms with van der Waals surface area (Å²) in [6, 6.07) is 6.13. The van der Waals surface area contributed by atoms with Gasteiger partial charge < -0.3 is 14.9 Å². The molecule has 0 aliphatic carbocycles. The second-order valence-electron chi connectivity index (χ2n) is 7.09. The third-order valence-electron chi connectivity index (χ3n) is 5.37. The maximum atomic E-state index is 13.6. The van der Waals surface area contributed by atoms with Crippen molar-refractivity contribution in [3.63, 3.8) is 0 Å². The van der Waals surface area contributed by atoms with Crippen molar-refractivity contribution >= 4 is 16.8 Å². The van der Waals surface area contributed by atoms with E-state index in [1.807, 2.05) is 11.8 Å². The second kappa shape index (κ2) is 6.98. The number of halogens is 1. The summed E-state index contributed by atoms with van der Waals surface area (Å²) in [7, 11) is 0. The fraction of sp³-hybridized carbons (Fsp3) is 0.350. The first kappa shape index (κ1) is 17.5. The Morgan fingerprint density at radius 1 is 1.30 bits per heavy atom. The predicted molar refractivity (Wildman–Crippen MR) is 100 cm³/mol. The Bertz CT molecular complexity index is 1050. The van der Waals surface area contributed by atoms with Crippen molar-refractivity contribution in [1.82, 2.24) is 19.9 Å². The van der Waals surface area contributed by atoms with E-state index in [9.17, 15) is 14.0 Å². The van der Waals surface area contributed by atoms with Gasteiger partial charge in [-0.15, -0.1) is 0 Å². The van der Waals surface area contributed by atoms with Gasteiger partial charge in [-0.3, -0.25) is 9.59 Å². The summed E-state index contributed by atoms with van der Waals surface area (Å²) in [4.78, 5) is 36.1. The van der Waals surface area contributed by atoms with Gasteiger partial charge in [0.05, 0.1) is 18.4 Å². The van der Waals surface area contributed by atoms with Crippen LogP contribution in [0.25, 0.3) is 10.9 Å². The highest BCUT2D eigenvalue weighted by Gasteiger charge is 2.25. The minimum atomic E-state index is -0.304. The van der Waals surface area contributed by atoms with Crippen molar-refractivity contribution in [2.75, 3.05) is 13.1 Å². The molecule has 6 nitrogen and oxygen atoms in total. The van der Waals surface area contributed by atoms with E-state index in [1.54, 1.807) is 6.07 Å². The summed E-state index contributed by atoms with van der Waals surface area (Å²) < 4.78 is 13.6. The summed E-state index contributed by atoms with van der Waals surface area (Å²) in [5, 5.41) is 0.767. The molecule has 140 valence electrons. The molecule has 27 heavy (non-hydrogen) atoms. The number of aromatic nitrogens is 3. The van der Waals surface area contributed by atoms with Gasteiger partial charge in [-0.2, -0.15) is 0 Å². The van der Waals surface area contributed by atoms with Gasteiger partial charge in [-0.25, -0.2) is 9.37 Å². The number of benzene rings is 1. The molecular formula is C20H21FN4O2. The van der Waals surface area contributed by atoms with Crippen molar-refractivity contribution in [2.45, 2.75) is 32.1 Å². The van der Waals surface area contributed by atoms with Crippen LogP contribution in [0, 0.1) is 12.7 Å². The molecule has 1 amide bonds. The fourth-order valence-corrected chi connectivity index (χ4v) is 3.88. The number of nitrogens with one attached hydrogen (secondary N) is 2. The van der Waals surface area contributed by atoms with Gasteiger partial charge in [0.25, 0.3) is 5.56 Å². The molecule has 0 spiro atoms. The Morgan fingerprint density at radius 3 is 2.81 bits per heavy atom. The highest BCUT2D eigenvalue weighted by atomic mass is 19.1. The van der Waals surface area contributed by atoms with Crippen LogP contribution in [0.2, 0.25) is 0 Å². The Hall–Kier alpha value is -2.96. The monoisotopic (exact) mass is 368 g/mol. The normalized spacial score (nSPS) is 15.4. The lowest BCUT2D eigenvalue weighted by atomic mass is 9.93. The number of hydrogen-bond acceptors (Lipinski definition) is 3. The SMILES string of the molecule is Cc1[nH]c2ccc(F)cc2c1CC(=O)N1CCC(c2cc(=O)[nH]cn2)CC1. The van der Waals surface area contributed by atoms with Crippen LogP contribution in [-0.2, 0) is 11.2 Å². The fourth-order valence-electron chi connectivity index (χ4n) is 3.88. The predicted octanol–water partition coefficient (Wildman–Crippen LogP) is 2.65. The summed E-state index contributed by atoms with van der Waals surface area (Å²) in [5.74, 6) is -0.0674. The number of H-pyrrole nitrogens is 2. The van der Waals surface area contributed by atoms with Crippen LogP contribution < -0.4 is 5.56 Å². The molecule has 1 aliphatic rings. The maximum Gasteiger partial charge on any atom is 0.250 e. The quantitative estimate of drug-likeness (QED) is 0.746. The molecule has 2 aromatic heterocycles. The van der Waals surface area contributed by atoms with Crippen molar-refractivity contribution in [3.8, 4) is 0 Å². The molecule has 1 saturated heterocycles. The van der Waals surface area contributed by atoms with E-state index in [1.165, 1.54) is 24.5 Å². The van der Waals surface area contributed by atoms with E-state index in [-0.39, 0.29) is 29.6 Å². The molecule has 2 N–H and O–H groups in total. The van der Waals surface area contributed by atoms with Gasteiger partial charge in [-0.05, 0) is 43.5 Å². The van der Waals surface area contributed by atoms with E-state index >= 15 is 0 Å². The van der Waals surface area contributed by atoms with E-state index in [0.717, 1.165) is 40.7 Å². The van der Waals surface area contributed by atoms with Gasteiger partial charge in [-0.1, -0.05) is 0 Å². The molecule has 0 radical (unpaired) electrons. The molecule has 0 bridgehead atoms. The molecule has 1 aromatic carbocycles. The molecule has 3 aromatic rings. The molecule has 0 unspecified atom stereocenters. The minimum absolute atomic E-state index is 0.0422. The molecular weight excluding hydrogens is 347 g/mol. The highest BCUT2D eigenvalue weighted by molar-refractivity contribution is 5.90. The number of aromatic amines is 2. The van der Waals surface area contributed by atoms with E-state index in [0.29, 0.717) is 13.1 Å². The molecule has 0 atom stereocenters. The van der Waals surface area contributed by atoms with Gasteiger partial charge >= 0.3 is 0 Å². The summed E-state index contributed by atoms with van der Waals surface area (Å²) >= 11 is 0. The lowest BCUT2D eigenvalue weighted by Crippen LogP contribution is -2.39. The average Bonchev–Trinajstić information content (AvgIpc) is 2.97. The first-order valence-corrected chi connectivity index (χ1v) is 9.10. The van der Waals surface area contributed by atoms with Crippen molar-refractivity contribution in [3.05, 3.63) is 63.7 Å². The van der Waals surface area contributed by atoms with Crippen LogP contribution in [0.1, 0.15) is 35.7 Å². The highest BCUT2D eigenvalue weighted by Crippen LogP contribution is 2.28. The molecule has 7 heteroatoms. The zero-order chi connectivity index (χ0) is 19.0. The first-order valence-electron chi connectivity index (χ1n) is 9.10. The number of fused-ring (bicyclic) bond motifs is 1. The second-order valence-corrected chi connectivity index (χ2v) is 7.09. The molecule has 4 rings (SSSR count). The number of amides is 1. The van der Waals surface area contributed by atoms with Crippen LogP contribution >= 0.6 is 0 Å². The first-order chi connectivity index (χ1) is 13.0. The van der Waals surface area contributed by atoms with Crippen LogP contribution in [0.15, 0.2) is 35.4 Å². The van der Waals surface area contributed by atoms with Gasteiger partial charge in [0.2, 0.25) is 5.91 Å². The number of aryl methyl sites for hydroxylation is 1. The van der Waals surface area contributed by atoms with Crippen LogP contribution in [0.5, 0.6) is 0 Å². The molecule has 1 aliphatic heterocycles. The number of rotatable bonds is 3. The average molecular weight is 368 g/mol. The van der Waals surface area contributed by atoms with Gasteiger partial charge in [0, 0.05) is 41.7 Å². The third-order valence-corrected chi connectivity index (χ3v) is 5.37. The number of carbonyl (C=O) groups excluding carboxylic acids is 1. The minimum Gasteiger partial charge on any atom is -0.358 e. The molecule has 3 heterocycles. The number of hydrogen-bond donors (Lipinski definition) is 2. The van der Waals surface area contributed by atoms with E-state index in [2.05, 4.69) is 15.0 Å². The molecule has 1 fully saturated rings.